The summed E-state index contributed by atoms with van der Waals surface area (Å²) in [5.41, 5.74) is 1.68. The smallest absolute Gasteiger partial charge is 0.191 e. The molecule has 0 amide bonds. The first-order valence-electron chi connectivity index (χ1n) is 10.7. The molecular formula is C22H39IN4OS. The summed E-state index contributed by atoms with van der Waals surface area (Å²) in [5.74, 6) is 1.43. The second-order valence-corrected chi connectivity index (χ2v) is 10.3. The molecule has 1 aromatic heterocycles. The lowest BCUT2D eigenvalue weighted by Crippen LogP contribution is -2.50. The topological polar surface area (TPSA) is 48.9 Å². The molecule has 7 heteroatoms. The van der Waals surface area contributed by atoms with Crippen LogP contribution in [-0.2, 0) is 17.7 Å². The van der Waals surface area contributed by atoms with E-state index in [4.69, 9.17) is 4.74 Å². The second-order valence-electron chi connectivity index (χ2n) is 9.33. The van der Waals surface area contributed by atoms with Crippen molar-refractivity contribution in [3.63, 3.8) is 0 Å². The maximum Gasteiger partial charge on any atom is 0.191 e. The molecule has 0 bridgehead atoms. The molecule has 2 aliphatic heterocycles. The van der Waals surface area contributed by atoms with E-state index in [1.54, 1.807) is 4.88 Å². The molecular weight excluding hydrogens is 495 g/mol. The quantitative estimate of drug-likeness (QED) is 0.339. The Kier molecular flexibility index (Phi) is 9.70. The largest absolute Gasteiger partial charge is 0.377 e. The van der Waals surface area contributed by atoms with Gasteiger partial charge in [0.15, 0.2) is 5.96 Å². The summed E-state index contributed by atoms with van der Waals surface area (Å²) in [7, 11) is 1.86. The molecule has 3 unspecified atom stereocenters. The molecule has 0 radical (unpaired) electrons. The van der Waals surface area contributed by atoms with Gasteiger partial charge in [-0.05, 0) is 48.6 Å². The number of guanidine groups is 1. The van der Waals surface area contributed by atoms with Gasteiger partial charge in [-0.1, -0.05) is 20.8 Å². The average molecular weight is 535 g/mol. The zero-order valence-corrected chi connectivity index (χ0v) is 21.8. The van der Waals surface area contributed by atoms with E-state index in [-0.39, 0.29) is 29.4 Å². The predicted molar refractivity (Wildman–Crippen MR) is 135 cm³/mol. The molecule has 0 spiro atoms. The SMILES string of the molecule is CN=C(NCC1CCCOC1C(C)(C)C)NCC(C)N1CCc2sccc2C1.I. The number of ether oxygens (including phenoxy) is 1. The van der Waals surface area contributed by atoms with Crippen LogP contribution < -0.4 is 10.6 Å². The van der Waals surface area contributed by atoms with E-state index in [2.05, 4.69) is 59.7 Å². The minimum atomic E-state index is 0. The minimum absolute atomic E-state index is 0. The van der Waals surface area contributed by atoms with Crippen LogP contribution in [0.3, 0.4) is 0 Å². The van der Waals surface area contributed by atoms with E-state index in [1.165, 1.54) is 18.4 Å². The standard InChI is InChI=1S/C22H38N4OS.HI/c1-16(26-10-8-19-18(15-26)9-12-28-19)13-24-21(23-5)25-14-17-7-6-11-27-20(17)22(2,3)4;/h9,12,16-17,20H,6-8,10-11,13-15H2,1-5H3,(H2,23,24,25);1H. The van der Waals surface area contributed by atoms with Gasteiger partial charge in [-0.3, -0.25) is 9.89 Å². The summed E-state index contributed by atoms with van der Waals surface area (Å²) in [6, 6.07) is 2.76. The lowest BCUT2D eigenvalue weighted by atomic mass is 9.78. The number of aliphatic imine (C=N–C) groups is 1. The molecule has 2 aliphatic rings. The zero-order valence-electron chi connectivity index (χ0n) is 18.7. The molecule has 0 aliphatic carbocycles. The van der Waals surface area contributed by atoms with Crippen LogP contribution in [0.4, 0.5) is 0 Å². The molecule has 29 heavy (non-hydrogen) atoms. The molecule has 5 nitrogen and oxygen atoms in total. The Morgan fingerprint density at radius 2 is 2.17 bits per heavy atom. The molecule has 1 saturated heterocycles. The van der Waals surface area contributed by atoms with Crippen LogP contribution in [0.25, 0.3) is 0 Å². The van der Waals surface area contributed by atoms with Crippen molar-refractivity contribution in [2.45, 2.75) is 65.6 Å². The summed E-state index contributed by atoms with van der Waals surface area (Å²) in [4.78, 5) is 8.58. The van der Waals surface area contributed by atoms with Gasteiger partial charge in [0.1, 0.15) is 0 Å². The number of nitrogens with one attached hydrogen (secondary N) is 2. The van der Waals surface area contributed by atoms with Gasteiger partial charge in [0.2, 0.25) is 0 Å². The van der Waals surface area contributed by atoms with E-state index in [9.17, 15) is 0 Å². The van der Waals surface area contributed by atoms with Crippen molar-refractivity contribution in [3.05, 3.63) is 21.9 Å². The maximum absolute atomic E-state index is 6.11. The van der Waals surface area contributed by atoms with Crippen LogP contribution in [0.2, 0.25) is 0 Å². The van der Waals surface area contributed by atoms with Gasteiger partial charge in [0.05, 0.1) is 6.10 Å². The van der Waals surface area contributed by atoms with Crippen LogP contribution in [0.15, 0.2) is 16.4 Å². The first kappa shape index (κ1) is 24.9. The van der Waals surface area contributed by atoms with E-state index < -0.39 is 0 Å². The molecule has 3 atom stereocenters. The highest BCUT2D eigenvalue weighted by atomic mass is 127. The van der Waals surface area contributed by atoms with Crippen LogP contribution in [0.1, 0.15) is 51.0 Å². The summed E-state index contributed by atoms with van der Waals surface area (Å²) in [6.45, 7) is 14.1. The van der Waals surface area contributed by atoms with Crippen LogP contribution in [0, 0.1) is 11.3 Å². The predicted octanol–water partition coefficient (Wildman–Crippen LogP) is 4.12. The minimum Gasteiger partial charge on any atom is -0.377 e. The van der Waals surface area contributed by atoms with Crippen molar-refractivity contribution >= 4 is 41.3 Å². The molecule has 3 rings (SSSR count). The number of thiophene rings is 1. The highest BCUT2D eigenvalue weighted by Crippen LogP contribution is 2.33. The third-order valence-corrected chi connectivity index (χ3v) is 7.10. The second kappa shape index (κ2) is 11.3. The van der Waals surface area contributed by atoms with Gasteiger partial charge in [0, 0.05) is 56.7 Å². The van der Waals surface area contributed by atoms with E-state index in [0.717, 1.165) is 45.2 Å². The average Bonchev–Trinajstić information content (AvgIpc) is 3.15. The number of hydrogen-bond acceptors (Lipinski definition) is 4. The summed E-state index contributed by atoms with van der Waals surface area (Å²) < 4.78 is 6.11. The fraction of sp³-hybridized carbons (Fsp3) is 0.773. The Bertz CT molecular complexity index is 657. The Morgan fingerprint density at radius 1 is 1.38 bits per heavy atom. The van der Waals surface area contributed by atoms with Crippen LogP contribution >= 0.6 is 35.3 Å². The Hall–Kier alpha value is -0.380. The maximum atomic E-state index is 6.11. The van der Waals surface area contributed by atoms with Gasteiger partial charge in [-0.25, -0.2) is 0 Å². The Morgan fingerprint density at radius 3 is 2.90 bits per heavy atom. The highest BCUT2D eigenvalue weighted by molar-refractivity contribution is 14.0. The monoisotopic (exact) mass is 534 g/mol. The lowest BCUT2D eigenvalue weighted by molar-refractivity contribution is -0.0835. The number of hydrogen-bond donors (Lipinski definition) is 2. The van der Waals surface area contributed by atoms with Crippen molar-refractivity contribution in [2.75, 3.05) is 33.3 Å². The molecule has 1 fully saturated rings. The van der Waals surface area contributed by atoms with Crippen molar-refractivity contribution in [3.8, 4) is 0 Å². The first-order chi connectivity index (χ1) is 13.4. The van der Waals surface area contributed by atoms with Crippen molar-refractivity contribution in [1.82, 2.24) is 15.5 Å². The highest BCUT2D eigenvalue weighted by Gasteiger charge is 2.35. The van der Waals surface area contributed by atoms with E-state index in [1.807, 2.05) is 18.4 Å². The molecule has 0 saturated carbocycles. The first-order valence-corrected chi connectivity index (χ1v) is 11.6. The van der Waals surface area contributed by atoms with E-state index >= 15 is 0 Å². The molecule has 0 aromatic carbocycles. The lowest BCUT2D eigenvalue weighted by Gasteiger charge is -2.40. The van der Waals surface area contributed by atoms with E-state index in [0.29, 0.717) is 18.1 Å². The van der Waals surface area contributed by atoms with Gasteiger partial charge >= 0.3 is 0 Å². The third kappa shape index (κ3) is 6.80. The van der Waals surface area contributed by atoms with Crippen molar-refractivity contribution in [2.24, 2.45) is 16.3 Å². The number of fused-ring (bicyclic) bond motifs is 1. The Labute approximate surface area is 198 Å². The summed E-state index contributed by atoms with van der Waals surface area (Å²) >= 11 is 1.90. The van der Waals surface area contributed by atoms with Crippen LogP contribution in [0.5, 0.6) is 0 Å². The number of nitrogens with zero attached hydrogens (tertiary/aromatic N) is 2. The molecule has 3 heterocycles. The normalized spacial score (nSPS) is 24.4. The Balaban J connectivity index is 0.00000300. The number of rotatable bonds is 5. The molecule has 2 N–H and O–H groups in total. The van der Waals surface area contributed by atoms with Gasteiger partial charge in [-0.2, -0.15) is 0 Å². The summed E-state index contributed by atoms with van der Waals surface area (Å²) in [6.07, 6.45) is 3.86. The fourth-order valence-electron chi connectivity index (χ4n) is 4.48. The van der Waals surface area contributed by atoms with Gasteiger partial charge in [-0.15, -0.1) is 35.3 Å². The molecule has 166 valence electrons. The zero-order chi connectivity index (χ0) is 20.1. The fourth-order valence-corrected chi connectivity index (χ4v) is 5.37. The van der Waals surface area contributed by atoms with Crippen molar-refractivity contribution in [1.29, 1.82) is 0 Å². The third-order valence-electron chi connectivity index (χ3n) is 6.08. The van der Waals surface area contributed by atoms with Gasteiger partial charge in [0.25, 0.3) is 0 Å². The van der Waals surface area contributed by atoms with Crippen molar-refractivity contribution < 1.29 is 4.74 Å². The number of halogens is 1. The summed E-state index contributed by atoms with van der Waals surface area (Å²) in [5, 5.41) is 9.31. The molecule has 1 aromatic rings. The van der Waals surface area contributed by atoms with Crippen LogP contribution in [-0.4, -0.2) is 56.3 Å². The van der Waals surface area contributed by atoms with Gasteiger partial charge < -0.3 is 15.4 Å².